The Morgan fingerprint density at radius 1 is 1.39 bits per heavy atom. The van der Waals surface area contributed by atoms with Gasteiger partial charge < -0.3 is 10.1 Å². The SMILES string of the molecule is CNC(CCc1cc(Br)cc2c1OCC2)C(C)C. The number of fused-ring (bicyclic) bond motifs is 1. The minimum absolute atomic E-state index is 0.570. The molecule has 18 heavy (non-hydrogen) atoms. The third kappa shape index (κ3) is 3.07. The molecule has 0 aromatic heterocycles. The molecule has 2 rings (SSSR count). The number of nitrogens with one attached hydrogen (secondary N) is 1. The van der Waals surface area contributed by atoms with Crippen LogP contribution in [-0.2, 0) is 12.8 Å². The maximum absolute atomic E-state index is 5.77. The summed E-state index contributed by atoms with van der Waals surface area (Å²) in [5, 5.41) is 3.40. The fourth-order valence-corrected chi connectivity index (χ4v) is 3.21. The summed E-state index contributed by atoms with van der Waals surface area (Å²) in [7, 11) is 2.05. The van der Waals surface area contributed by atoms with Crippen LogP contribution >= 0.6 is 15.9 Å². The first-order chi connectivity index (χ1) is 8.61. The van der Waals surface area contributed by atoms with Gasteiger partial charge in [0.05, 0.1) is 6.61 Å². The van der Waals surface area contributed by atoms with E-state index in [1.54, 1.807) is 0 Å². The first-order valence-electron chi connectivity index (χ1n) is 6.73. The van der Waals surface area contributed by atoms with Crippen molar-refractivity contribution < 1.29 is 4.74 Å². The van der Waals surface area contributed by atoms with Gasteiger partial charge in [0.15, 0.2) is 0 Å². The first-order valence-corrected chi connectivity index (χ1v) is 7.52. The quantitative estimate of drug-likeness (QED) is 0.897. The van der Waals surface area contributed by atoms with Crippen LogP contribution in [0.2, 0.25) is 0 Å². The molecule has 0 amide bonds. The van der Waals surface area contributed by atoms with E-state index in [2.05, 4.69) is 47.2 Å². The lowest BCUT2D eigenvalue weighted by Crippen LogP contribution is -2.31. The van der Waals surface area contributed by atoms with Gasteiger partial charge in [-0.25, -0.2) is 0 Å². The zero-order chi connectivity index (χ0) is 13.1. The third-order valence-corrected chi connectivity index (χ3v) is 4.18. The molecule has 1 heterocycles. The lowest BCUT2D eigenvalue weighted by atomic mass is 9.95. The highest BCUT2D eigenvalue weighted by Crippen LogP contribution is 2.34. The molecule has 1 aliphatic heterocycles. The van der Waals surface area contributed by atoms with Crippen molar-refractivity contribution >= 4 is 15.9 Å². The van der Waals surface area contributed by atoms with Crippen LogP contribution in [0.25, 0.3) is 0 Å². The molecule has 0 radical (unpaired) electrons. The normalized spacial score (nSPS) is 15.6. The van der Waals surface area contributed by atoms with Crippen molar-refractivity contribution in [2.45, 2.75) is 39.2 Å². The first kappa shape index (κ1) is 13.9. The second-order valence-electron chi connectivity index (χ2n) is 5.33. The Kier molecular flexibility index (Phi) is 4.68. The Hall–Kier alpha value is -0.540. The van der Waals surface area contributed by atoms with Gasteiger partial charge in [0.2, 0.25) is 0 Å². The number of aryl methyl sites for hydroxylation is 1. The summed E-state index contributed by atoms with van der Waals surface area (Å²) in [6.45, 7) is 5.37. The molecular weight excluding hydrogens is 290 g/mol. The van der Waals surface area contributed by atoms with Crippen LogP contribution in [0.5, 0.6) is 5.75 Å². The highest BCUT2D eigenvalue weighted by molar-refractivity contribution is 9.10. The average molecular weight is 312 g/mol. The summed E-state index contributed by atoms with van der Waals surface area (Å²) in [5.74, 6) is 1.80. The van der Waals surface area contributed by atoms with Crippen molar-refractivity contribution in [2.24, 2.45) is 5.92 Å². The van der Waals surface area contributed by atoms with E-state index < -0.39 is 0 Å². The maximum Gasteiger partial charge on any atom is 0.125 e. The van der Waals surface area contributed by atoms with Crippen LogP contribution in [0.3, 0.4) is 0 Å². The second-order valence-corrected chi connectivity index (χ2v) is 6.25. The number of hydrogen-bond donors (Lipinski definition) is 1. The van der Waals surface area contributed by atoms with Crippen LogP contribution in [0, 0.1) is 5.92 Å². The summed E-state index contributed by atoms with van der Waals surface area (Å²) >= 11 is 3.60. The van der Waals surface area contributed by atoms with E-state index in [4.69, 9.17) is 4.74 Å². The third-order valence-electron chi connectivity index (χ3n) is 3.73. The van der Waals surface area contributed by atoms with Crippen LogP contribution in [-0.4, -0.2) is 19.7 Å². The Balaban J connectivity index is 2.10. The van der Waals surface area contributed by atoms with Crippen molar-refractivity contribution in [3.8, 4) is 5.75 Å². The van der Waals surface area contributed by atoms with E-state index in [0.717, 1.165) is 31.6 Å². The van der Waals surface area contributed by atoms with Gasteiger partial charge >= 0.3 is 0 Å². The van der Waals surface area contributed by atoms with Crippen molar-refractivity contribution in [2.75, 3.05) is 13.7 Å². The molecule has 0 fully saturated rings. The van der Waals surface area contributed by atoms with Crippen molar-refractivity contribution in [3.05, 3.63) is 27.7 Å². The van der Waals surface area contributed by atoms with Crippen LogP contribution < -0.4 is 10.1 Å². The summed E-state index contributed by atoms with van der Waals surface area (Å²) < 4.78 is 6.94. The van der Waals surface area contributed by atoms with E-state index in [0.29, 0.717) is 12.0 Å². The molecule has 0 saturated carbocycles. The summed E-state index contributed by atoms with van der Waals surface area (Å²) in [4.78, 5) is 0. The Bertz CT molecular complexity index is 417. The molecule has 1 aromatic carbocycles. The molecule has 0 bridgehead atoms. The smallest absolute Gasteiger partial charge is 0.125 e. The molecule has 0 saturated heterocycles. The zero-order valence-electron chi connectivity index (χ0n) is 11.4. The van der Waals surface area contributed by atoms with Gasteiger partial charge in [-0.2, -0.15) is 0 Å². The van der Waals surface area contributed by atoms with Gasteiger partial charge in [-0.05, 0) is 49.1 Å². The molecule has 1 aromatic rings. The molecule has 2 nitrogen and oxygen atoms in total. The monoisotopic (exact) mass is 311 g/mol. The van der Waals surface area contributed by atoms with Crippen molar-refractivity contribution in [1.29, 1.82) is 0 Å². The van der Waals surface area contributed by atoms with E-state index in [1.165, 1.54) is 15.6 Å². The second kappa shape index (κ2) is 6.07. The van der Waals surface area contributed by atoms with E-state index in [9.17, 15) is 0 Å². The molecule has 0 spiro atoms. The Labute approximate surface area is 118 Å². The summed E-state index contributed by atoms with van der Waals surface area (Å²) in [6.07, 6.45) is 3.27. The van der Waals surface area contributed by atoms with Crippen LogP contribution in [0.15, 0.2) is 16.6 Å². The van der Waals surface area contributed by atoms with E-state index >= 15 is 0 Å². The lowest BCUT2D eigenvalue weighted by Gasteiger charge is -2.20. The van der Waals surface area contributed by atoms with Gasteiger partial charge in [-0.3, -0.25) is 0 Å². The summed E-state index contributed by atoms with van der Waals surface area (Å²) in [5.41, 5.74) is 2.70. The largest absolute Gasteiger partial charge is 0.493 e. The fraction of sp³-hybridized carbons (Fsp3) is 0.600. The molecule has 1 aliphatic rings. The molecule has 1 unspecified atom stereocenters. The van der Waals surface area contributed by atoms with Crippen molar-refractivity contribution in [3.63, 3.8) is 0 Å². The number of benzene rings is 1. The zero-order valence-corrected chi connectivity index (χ0v) is 13.0. The van der Waals surface area contributed by atoms with Gasteiger partial charge in [0.25, 0.3) is 0 Å². The van der Waals surface area contributed by atoms with Crippen molar-refractivity contribution in [1.82, 2.24) is 5.32 Å². The highest BCUT2D eigenvalue weighted by Gasteiger charge is 2.19. The van der Waals surface area contributed by atoms with Gasteiger partial charge in [0, 0.05) is 16.9 Å². The maximum atomic E-state index is 5.77. The number of rotatable bonds is 5. The Morgan fingerprint density at radius 2 is 2.17 bits per heavy atom. The van der Waals surface area contributed by atoms with E-state index in [1.807, 2.05) is 7.05 Å². The molecule has 1 N–H and O–H groups in total. The predicted molar refractivity (Wildman–Crippen MR) is 79.3 cm³/mol. The predicted octanol–water partition coefficient (Wildman–Crippen LogP) is 3.56. The topological polar surface area (TPSA) is 21.3 Å². The average Bonchev–Trinajstić information content (AvgIpc) is 2.77. The molecular formula is C15H22BrNO. The summed E-state index contributed by atoms with van der Waals surface area (Å²) in [6, 6.07) is 4.96. The van der Waals surface area contributed by atoms with Gasteiger partial charge in [-0.15, -0.1) is 0 Å². The number of hydrogen-bond acceptors (Lipinski definition) is 2. The Morgan fingerprint density at radius 3 is 2.83 bits per heavy atom. The molecule has 100 valence electrons. The standard InChI is InChI=1S/C15H22BrNO/c1-10(2)14(17-3)5-4-11-8-13(16)9-12-6-7-18-15(11)12/h8-10,14,17H,4-7H2,1-3H3. The molecule has 3 heteroatoms. The molecule has 1 atom stereocenters. The van der Waals surface area contributed by atoms with Crippen LogP contribution in [0.1, 0.15) is 31.4 Å². The minimum atomic E-state index is 0.570. The highest BCUT2D eigenvalue weighted by atomic mass is 79.9. The van der Waals surface area contributed by atoms with E-state index in [-0.39, 0.29) is 0 Å². The van der Waals surface area contributed by atoms with Crippen LogP contribution in [0.4, 0.5) is 0 Å². The fourth-order valence-electron chi connectivity index (χ4n) is 2.65. The number of halogens is 1. The number of ether oxygens (including phenoxy) is 1. The minimum Gasteiger partial charge on any atom is -0.493 e. The van der Waals surface area contributed by atoms with Gasteiger partial charge in [0.1, 0.15) is 5.75 Å². The lowest BCUT2D eigenvalue weighted by molar-refractivity contribution is 0.350. The van der Waals surface area contributed by atoms with Gasteiger partial charge in [-0.1, -0.05) is 29.8 Å². The molecule has 0 aliphatic carbocycles.